The number of halogens is 2. The molecule has 0 unspecified atom stereocenters. The maximum absolute atomic E-state index is 12.6. The number of carbonyl (C=O) groups excluding carboxylic acids is 2. The number of nitriles is 1. The second-order valence-electron chi connectivity index (χ2n) is 15.3. The summed E-state index contributed by atoms with van der Waals surface area (Å²) < 4.78 is 19.3. The van der Waals surface area contributed by atoms with Crippen LogP contribution in [-0.2, 0) is 40.6 Å². The molecule has 4 N–H and O–H groups in total. The van der Waals surface area contributed by atoms with Crippen molar-refractivity contribution in [3.63, 3.8) is 0 Å². The first-order valence-corrected chi connectivity index (χ1v) is 21.0. The molecule has 15 heteroatoms. The van der Waals surface area contributed by atoms with Gasteiger partial charge in [0.05, 0.1) is 48.7 Å². The Balaban J connectivity index is 1.14. The Kier molecular flexibility index (Phi) is 14.4. The molecule has 4 aromatic carbocycles. The van der Waals surface area contributed by atoms with Crippen molar-refractivity contribution in [3.8, 4) is 39.8 Å². The van der Waals surface area contributed by atoms with Crippen LogP contribution < -0.4 is 25.4 Å². The molecule has 2 atom stereocenters. The summed E-state index contributed by atoms with van der Waals surface area (Å²) in [5, 5.41) is 35.6. The Bertz CT molecular complexity index is 2630. The fraction of sp³-hybridized carbons (Fsp3) is 0.298. The van der Waals surface area contributed by atoms with E-state index in [1.165, 1.54) is 6.20 Å². The molecule has 0 bridgehead atoms. The molecule has 0 radical (unpaired) electrons. The SMILES string of the molecule is COc1cc(-c2cccc(-c3cccc4c3cnn4Cc3cc(OCc4cncc(C#N)c4)c(CN[C@@H](CO)C(=O)OC(C)C)cc3Cl)c2Cl)ccc1CNC[C@@H]1CCC(=O)N1. The number of benzene rings is 4. The van der Waals surface area contributed by atoms with Crippen molar-refractivity contribution in [3.05, 3.63) is 129 Å². The van der Waals surface area contributed by atoms with E-state index < -0.39 is 18.6 Å². The van der Waals surface area contributed by atoms with Crippen molar-refractivity contribution < 1.29 is 28.9 Å². The normalized spacial score (nSPS) is 14.2. The number of carbonyl (C=O) groups is 2. The van der Waals surface area contributed by atoms with Crippen LogP contribution in [0.1, 0.15) is 54.5 Å². The van der Waals surface area contributed by atoms with Crippen molar-refractivity contribution in [1.82, 2.24) is 30.7 Å². The molecular formula is C47H47Cl2N7O6. The Morgan fingerprint density at radius 1 is 0.984 bits per heavy atom. The zero-order chi connectivity index (χ0) is 43.8. The van der Waals surface area contributed by atoms with E-state index in [1.807, 2.05) is 71.5 Å². The molecule has 2 aromatic heterocycles. The van der Waals surface area contributed by atoms with Crippen LogP contribution in [0.15, 0.2) is 91.4 Å². The molecule has 1 amide bonds. The quantitative estimate of drug-likeness (QED) is 0.0637. The van der Waals surface area contributed by atoms with Crippen LogP contribution in [0, 0.1) is 11.3 Å². The molecule has 0 spiro atoms. The maximum atomic E-state index is 12.6. The van der Waals surface area contributed by atoms with Gasteiger partial charge in [-0.05, 0) is 67.3 Å². The third-order valence-corrected chi connectivity index (χ3v) is 11.4. The van der Waals surface area contributed by atoms with Crippen molar-refractivity contribution in [2.75, 3.05) is 20.3 Å². The van der Waals surface area contributed by atoms with Crippen LogP contribution in [0.2, 0.25) is 10.0 Å². The smallest absolute Gasteiger partial charge is 0.325 e. The van der Waals surface area contributed by atoms with Gasteiger partial charge in [-0.15, -0.1) is 0 Å². The highest BCUT2D eigenvalue weighted by Crippen LogP contribution is 2.41. The van der Waals surface area contributed by atoms with Gasteiger partial charge in [-0.2, -0.15) is 10.4 Å². The van der Waals surface area contributed by atoms with Gasteiger partial charge in [0.15, 0.2) is 0 Å². The lowest BCUT2D eigenvalue weighted by Crippen LogP contribution is -2.41. The van der Waals surface area contributed by atoms with Gasteiger partial charge in [0.1, 0.15) is 30.2 Å². The lowest BCUT2D eigenvalue weighted by Gasteiger charge is -2.19. The molecule has 13 nitrogen and oxygen atoms in total. The third-order valence-electron chi connectivity index (χ3n) is 10.6. The van der Waals surface area contributed by atoms with Crippen LogP contribution in [0.4, 0.5) is 0 Å². The number of methoxy groups -OCH3 is 1. The molecular weight excluding hydrogens is 829 g/mol. The molecule has 1 aliphatic rings. The Labute approximate surface area is 369 Å². The average Bonchev–Trinajstić information content (AvgIpc) is 3.89. The summed E-state index contributed by atoms with van der Waals surface area (Å²) in [6.45, 7) is 4.83. The predicted molar refractivity (Wildman–Crippen MR) is 238 cm³/mol. The molecule has 7 rings (SSSR count). The van der Waals surface area contributed by atoms with Crippen molar-refractivity contribution in [2.24, 2.45) is 0 Å². The first kappa shape index (κ1) is 44.1. The van der Waals surface area contributed by atoms with Gasteiger partial charge in [0, 0.05) is 82.7 Å². The number of esters is 1. The fourth-order valence-corrected chi connectivity index (χ4v) is 8.03. The molecule has 320 valence electrons. The van der Waals surface area contributed by atoms with Gasteiger partial charge in [0.25, 0.3) is 0 Å². The summed E-state index contributed by atoms with van der Waals surface area (Å²) in [5.41, 5.74) is 7.83. The number of rotatable bonds is 18. The number of fused-ring (bicyclic) bond motifs is 1. The van der Waals surface area contributed by atoms with Gasteiger partial charge in [0.2, 0.25) is 5.91 Å². The minimum absolute atomic E-state index is 0.0963. The summed E-state index contributed by atoms with van der Waals surface area (Å²) in [5.74, 6) is 0.739. The lowest BCUT2D eigenvalue weighted by molar-refractivity contribution is -0.151. The van der Waals surface area contributed by atoms with E-state index in [4.69, 9.17) is 42.5 Å². The highest BCUT2D eigenvalue weighted by molar-refractivity contribution is 6.36. The summed E-state index contributed by atoms with van der Waals surface area (Å²) >= 11 is 14.2. The second kappa shape index (κ2) is 20.2. The average molecular weight is 877 g/mol. The standard InChI is InChI=1S/C47H47Cl2N7O6/c1-28(2)62-47(59)41(26-57)53-22-33-15-40(48)34(17-44(33)61-27-30-14-29(18-50)19-51-20-30)25-56-42-9-5-7-37(39(42)24-54-56)38-8-4-6-36(46(38)49)31-10-11-32(43(16-31)60-3)21-52-23-35-12-13-45(58)55-35/h4-11,14-17,19-20,24,28,35,41,52-53,57H,12-13,21-23,25-27H2,1-3H3,(H,55,58)/t35-,41-/m0/s1. The number of aromatic nitrogens is 3. The molecule has 0 aliphatic carbocycles. The van der Waals surface area contributed by atoms with Gasteiger partial charge in [-0.1, -0.05) is 65.7 Å². The fourth-order valence-electron chi connectivity index (χ4n) is 7.45. The van der Waals surface area contributed by atoms with E-state index >= 15 is 0 Å². The van der Waals surface area contributed by atoms with Crippen LogP contribution in [0.25, 0.3) is 33.2 Å². The summed E-state index contributed by atoms with van der Waals surface area (Å²) in [6.07, 6.45) is 5.98. The van der Waals surface area contributed by atoms with Crippen molar-refractivity contribution in [2.45, 2.75) is 71.1 Å². The highest BCUT2D eigenvalue weighted by atomic mass is 35.5. The minimum Gasteiger partial charge on any atom is -0.496 e. The number of aliphatic hydroxyl groups excluding tert-OH is 1. The van der Waals surface area contributed by atoms with E-state index in [9.17, 15) is 20.0 Å². The third kappa shape index (κ3) is 10.4. The van der Waals surface area contributed by atoms with E-state index in [2.05, 4.69) is 27.0 Å². The van der Waals surface area contributed by atoms with Gasteiger partial charge >= 0.3 is 5.97 Å². The Morgan fingerprint density at radius 2 is 1.79 bits per heavy atom. The van der Waals surface area contributed by atoms with Gasteiger partial charge < -0.3 is 30.0 Å². The van der Waals surface area contributed by atoms with Crippen LogP contribution >= 0.6 is 23.2 Å². The Morgan fingerprint density at radius 3 is 2.55 bits per heavy atom. The molecule has 0 saturated carbocycles. The topological polar surface area (TPSA) is 173 Å². The molecule has 1 aliphatic heterocycles. The van der Waals surface area contributed by atoms with E-state index in [0.717, 1.165) is 56.5 Å². The van der Waals surface area contributed by atoms with Crippen molar-refractivity contribution in [1.29, 1.82) is 5.26 Å². The molecule has 3 heterocycles. The van der Waals surface area contributed by atoms with E-state index in [1.54, 1.807) is 39.3 Å². The number of ether oxygens (including phenoxy) is 3. The number of nitrogens with one attached hydrogen (secondary N) is 3. The van der Waals surface area contributed by atoms with Gasteiger partial charge in [-0.25, -0.2) is 0 Å². The van der Waals surface area contributed by atoms with E-state index in [-0.39, 0.29) is 31.2 Å². The van der Waals surface area contributed by atoms with Crippen molar-refractivity contribution >= 4 is 46.0 Å². The molecule has 1 fully saturated rings. The number of hydrogen-bond donors (Lipinski definition) is 4. The molecule has 62 heavy (non-hydrogen) atoms. The van der Waals surface area contributed by atoms with E-state index in [0.29, 0.717) is 58.5 Å². The monoisotopic (exact) mass is 875 g/mol. The van der Waals surface area contributed by atoms with Crippen LogP contribution in [0.5, 0.6) is 11.5 Å². The maximum Gasteiger partial charge on any atom is 0.325 e. The zero-order valence-electron chi connectivity index (χ0n) is 34.6. The first-order chi connectivity index (χ1) is 30.0. The summed E-state index contributed by atoms with van der Waals surface area (Å²) in [4.78, 5) is 28.4. The van der Waals surface area contributed by atoms with Gasteiger partial charge in [-0.3, -0.25) is 24.6 Å². The zero-order valence-corrected chi connectivity index (χ0v) is 36.1. The summed E-state index contributed by atoms with van der Waals surface area (Å²) in [6, 6.07) is 24.6. The first-order valence-electron chi connectivity index (χ1n) is 20.3. The Hall–Kier alpha value is -6.01. The van der Waals surface area contributed by atoms with Crippen LogP contribution in [-0.4, -0.2) is 70.2 Å². The number of amides is 1. The second-order valence-corrected chi connectivity index (χ2v) is 16.1. The van der Waals surface area contributed by atoms with Crippen LogP contribution in [0.3, 0.4) is 0 Å². The minimum atomic E-state index is -0.963. The molecule has 6 aromatic rings. The predicted octanol–water partition coefficient (Wildman–Crippen LogP) is 7.35. The highest BCUT2D eigenvalue weighted by Gasteiger charge is 2.23. The number of pyridine rings is 1. The molecule has 1 saturated heterocycles. The number of nitrogens with zero attached hydrogens (tertiary/aromatic N) is 4. The number of aliphatic hydroxyl groups is 1. The summed E-state index contributed by atoms with van der Waals surface area (Å²) in [7, 11) is 1.65. The number of hydrogen-bond acceptors (Lipinski definition) is 11. The lowest BCUT2D eigenvalue weighted by atomic mass is 9.96. The largest absolute Gasteiger partial charge is 0.496 e.